The smallest absolute Gasteiger partial charge is 0.264 e. The lowest BCUT2D eigenvalue weighted by Crippen LogP contribution is -2.14. The fourth-order valence-corrected chi connectivity index (χ4v) is 2.57. The third-order valence-electron chi connectivity index (χ3n) is 2.53. The van der Waals surface area contributed by atoms with Gasteiger partial charge in [-0.2, -0.15) is 0 Å². The van der Waals surface area contributed by atoms with Crippen molar-refractivity contribution in [3.8, 4) is 0 Å². The number of hydrogen-bond acceptors (Lipinski definition) is 5. The normalized spacial score (nSPS) is 11.1. The molecule has 2 N–H and O–H groups in total. The highest BCUT2D eigenvalue weighted by Crippen LogP contribution is 2.15. The SMILES string of the molecule is CCNc1ccc(S(=O)(=O)Nc2cccc(C)n2)cn1. The largest absolute Gasteiger partial charge is 0.370 e. The number of nitrogens with one attached hydrogen (secondary N) is 2. The van der Waals surface area contributed by atoms with Crippen LogP contribution >= 0.6 is 0 Å². The van der Waals surface area contributed by atoms with Gasteiger partial charge >= 0.3 is 0 Å². The second kappa shape index (κ2) is 5.87. The van der Waals surface area contributed by atoms with Gasteiger partial charge in [0.1, 0.15) is 16.5 Å². The van der Waals surface area contributed by atoms with Gasteiger partial charge in [-0.05, 0) is 38.1 Å². The van der Waals surface area contributed by atoms with E-state index in [1.165, 1.54) is 12.3 Å². The van der Waals surface area contributed by atoms with Gasteiger partial charge < -0.3 is 5.32 Å². The van der Waals surface area contributed by atoms with Crippen LogP contribution in [0.5, 0.6) is 0 Å². The van der Waals surface area contributed by atoms with Crippen molar-refractivity contribution in [2.45, 2.75) is 18.7 Å². The van der Waals surface area contributed by atoms with Crippen molar-refractivity contribution in [2.24, 2.45) is 0 Å². The Bertz CT molecular complexity index is 684. The van der Waals surface area contributed by atoms with E-state index in [4.69, 9.17) is 0 Å². The predicted octanol–water partition coefficient (Wildman–Crippen LogP) is 2.02. The van der Waals surface area contributed by atoms with Crippen LogP contribution in [0.2, 0.25) is 0 Å². The van der Waals surface area contributed by atoms with E-state index in [1.807, 2.05) is 6.92 Å². The maximum absolute atomic E-state index is 12.2. The summed E-state index contributed by atoms with van der Waals surface area (Å²) < 4.78 is 26.8. The molecule has 0 unspecified atom stereocenters. The lowest BCUT2D eigenvalue weighted by molar-refractivity contribution is 0.600. The van der Waals surface area contributed by atoms with E-state index in [9.17, 15) is 8.42 Å². The number of aryl methyl sites for hydroxylation is 1. The fourth-order valence-electron chi connectivity index (χ4n) is 1.62. The molecule has 2 rings (SSSR count). The minimum absolute atomic E-state index is 0.0995. The van der Waals surface area contributed by atoms with E-state index in [2.05, 4.69) is 20.0 Å². The van der Waals surface area contributed by atoms with Crippen molar-refractivity contribution in [3.05, 3.63) is 42.2 Å². The Balaban J connectivity index is 2.21. The molecule has 0 spiro atoms. The number of hydrogen-bond donors (Lipinski definition) is 2. The summed E-state index contributed by atoms with van der Waals surface area (Å²) in [6.45, 7) is 4.46. The molecule has 0 aliphatic heterocycles. The Morgan fingerprint density at radius 1 is 1.15 bits per heavy atom. The Hall–Kier alpha value is -2.15. The minimum atomic E-state index is -3.66. The molecule has 2 aromatic rings. The van der Waals surface area contributed by atoms with Crippen LogP contribution in [0.1, 0.15) is 12.6 Å². The molecule has 0 saturated carbocycles. The quantitative estimate of drug-likeness (QED) is 0.880. The van der Waals surface area contributed by atoms with Crippen LogP contribution in [-0.2, 0) is 10.0 Å². The number of rotatable bonds is 5. The molecular weight excluding hydrogens is 276 g/mol. The summed E-state index contributed by atoms with van der Waals surface area (Å²) >= 11 is 0. The average molecular weight is 292 g/mol. The molecule has 6 nitrogen and oxygen atoms in total. The van der Waals surface area contributed by atoms with Gasteiger partial charge in [0.15, 0.2) is 0 Å². The Morgan fingerprint density at radius 3 is 2.55 bits per heavy atom. The van der Waals surface area contributed by atoms with Crippen LogP contribution < -0.4 is 10.0 Å². The molecule has 2 heterocycles. The molecule has 0 aliphatic carbocycles. The zero-order chi connectivity index (χ0) is 14.6. The number of sulfonamides is 1. The average Bonchev–Trinajstić information content (AvgIpc) is 2.39. The molecule has 2 aromatic heterocycles. The molecule has 0 atom stereocenters. The van der Waals surface area contributed by atoms with Crippen LogP contribution in [0, 0.1) is 6.92 Å². The summed E-state index contributed by atoms with van der Waals surface area (Å²) in [7, 11) is -3.66. The van der Waals surface area contributed by atoms with Gasteiger partial charge in [0.05, 0.1) is 0 Å². The van der Waals surface area contributed by atoms with Crippen LogP contribution in [0.25, 0.3) is 0 Å². The molecule has 0 aliphatic rings. The summed E-state index contributed by atoms with van der Waals surface area (Å²) in [5.74, 6) is 0.931. The Kier molecular flexibility index (Phi) is 4.19. The van der Waals surface area contributed by atoms with Crippen molar-refractivity contribution in [2.75, 3.05) is 16.6 Å². The number of pyridine rings is 2. The van der Waals surface area contributed by atoms with Crippen molar-refractivity contribution in [1.82, 2.24) is 9.97 Å². The first-order chi connectivity index (χ1) is 9.51. The number of anilines is 2. The van der Waals surface area contributed by atoms with Crippen LogP contribution in [-0.4, -0.2) is 24.9 Å². The second-order valence-electron chi connectivity index (χ2n) is 4.18. The molecule has 7 heteroatoms. The van der Waals surface area contributed by atoms with Gasteiger partial charge in [-0.15, -0.1) is 0 Å². The number of aromatic nitrogens is 2. The lowest BCUT2D eigenvalue weighted by atomic mass is 10.4. The summed E-state index contributed by atoms with van der Waals surface area (Å²) in [6.07, 6.45) is 1.32. The minimum Gasteiger partial charge on any atom is -0.370 e. The molecule has 0 saturated heterocycles. The van der Waals surface area contributed by atoms with Gasteiger partial charge in [-0.25, -0.2) is 18.4 Å². The molecule has 0 radical (unpaired) electrons. The van der Waals surface area contributed by atoms with Gasteiger partial charge in [-0.1, -0.05) is 6.07 Å². The molecule has 20 heavy (non-hydrogen) atoms. The maximum Gasteiger partial charge on any atom is 0.264 e. The molecule has 0 fully saturated rings. The zero-order valence-electron chi connectivity index (χ0n) is 11.3. The molecular formula is C13H16N4O2S. The highest BCUT2D eigenvalue weighted by Gasteiger charge is 2.15. The van der Waals surface area contributed by atoms with Crippen LogP contribution in [0.15, 0.2) is 41.4 Å². The first kappa shape index (κ1) is 14.3. The van der Waals surface area contributed by atoms with Gasteiger partial charge in [0.2, 0.25) is 0 Å². The fraction of sp³-hybridized carbons (Fsp3) is 0.231. The standard InChI is InChI=1S/C13H16N4O2S/c1-3-14-12-8-7-11(9-15-12)20(18,19)17-13-6-4-5-10(2)16-13/h4-9H,3H2,1-2H3,(H,14,15)(H,16,17). The highest BCUT2D eigenvalue weighted by atomic mass is 32.2. The lowest BCUT2D eigenvalue weighted by Gasteiger charge is -2.08. The third kappa shape index (κ3) is 3.45. The van der Waals surface area contributed by atoms with Crippen molar-refractivity contribution in [1.29, 1.82) is 0 Å². The topological polar surface area (TPSA) is 84.0 Å². The first-order valence-electron chi connectivity index (χ1n) is 6.17. The van der Waals surface area contributed by atoms with Crippen LogP contribution in [0.4, 0.5) is 11.6 Å². The number of nitrogens with zero attached hydrogens (tertiary/aromatic N) is 2. The first-order valence-corrected chi connectivity index (χ1v) is 7.66. The van der Waals surface area contributed by atoms with E-state index in [0.29, 0.717) is 11.6 Å². The van der Waals surface area contributed by atoms with Gasteiger partial charge in [0.25, 0.3) is 10.0 Å². The van der Waals surface area contributed by atoms with Crippen molar-refractivity contribution in [3.63, 3.8) is 0 Å². The molecule has 106 valence electrons. The van der Waals surface area contributed by atoms with Crippen LogP contribution in [0.3, 0.4) is 0 Å². The molecule has 0 aromatic carbocycles. The maximum atomic E-state index is 12.2. The van der Waals surface area contributed by atoms with E-state index >= 15 is 0 Å². The zero-order valence-corrected chi connectivity index (χ0v) is 12.1. The highest BCUT2D eigenvalue weighted by molar-refractivity contribution is 7.92. The summed E-state index contributed by atoms with van der Waals surface area (Å²) in [5.41, 5.74) is 0.741. The summed E-state index contributed by atoms with van der Waals surface area (Å²) in [6, 6.07) is 8.27. The van der Waals surface area contributed by atoms with Crippen molar-refractivity contribution < 1.29 is 8.42 Å². The van der Waals surface area contributed by atoms with E-state index in [-0.39, 0.29) is 4.90 Å². The summed E-state index contributed by atoms with van der Waals surface area (Å²) in [5, 5.41) is 3.00. The van der Waals surface area contributed by atoms with E-state index in [1.54, 1.807) is 31.2 Å². The molecule has 0 bridgehead atoms. The van der Waals surface area contributed by atoms with Gasteiger partial charge in [0, 0.05) is 18.4 Å². The van der Waals surface area contributed by atoms with E-state index in [0.717, 1.165) is 12.2 Å². The third-order valence-corrected chi connectivity index (χ3v) is 3.87. The molecule has 0 amide bonds. The Labute approximate surface area is 118 Å². The van der Waals surface area contributed by atoms with Crippen molar-refractivity contribution >= 4 is 21.7 Å². The van der Waals surface area contributed by atoms with Gasteiger partial charge in [-0.3, -0.25) is 4.72 Å². The second-order valence-corrected chi connectivity index (χ2v) is 5.86. The van der Waals surface area contributed by atoms with E-state index < -0.39 is 10.0 Å². The Morgan fingerprint density at radius 2 is 1.95 bits per heavy atom. The monoisotopic (exact) mass is 292 g/mol. The predicted molar refractivity (Wildman–Crippen MR) is 78.2 cm³/mol. The summed E-state index contributed by atoms with van der Waals surface area (Å²) in [4.78, 5) is 8.25.